The van der Waals surface area contributed by atoms with Crippen molar-refractivity contribution in [2.75, 3.05) is 11.9 Å². The van der Waals surface area contributed by atoms with Gasteiger partial charge in [-0.3, -0.25) is 0 Å². The van der Waals surface area contributed by atoms with E-state index in [0.29, 0.717) is 6.04 Å². The molecular weight excluding hydrogens is 298 g/mol. The summed E-state index contributed by atoms with van der Waals surface area (Å²) >= 11 is 9.70. The number of hydrogen-bond donors (Lipinski definition) is 0. The van der Waals surface area contributed by atoms with Crippen LogP contribution < -0.4 is 4.90 Å². The standard InChI is InChI=1S/C14H19BrClN/c1-17(12-5-3-2-4-6-12)13-8-7-11(10-15)14(16)9-13/h7-9,12H,2-6,10H2,1H3. The number of benzene rings is 1. The lowest BCUT2D eigenvalue weighted by Crippen LogP contribution is -2.33. The number of nitrogens with zero attached hydrogens (tertiary/aromatic N) is 1. The average molecular weight is 317 g/mol. The molecule has 0 aromatic heterocycles. The van der Waals surface area contributed by atoms with Crippen molar-refractivity contribution in [3.05, 3.63) is 28.8 Å². The Morgan fingerprint density at radius 3 is 2.59 bits per heavy atom. The highest BCUT2D eigenvalue weighted by Gasteiger charge is 2.18. The summed E-state index contributed by atoms with van der Waals surface area (Å²) < 4.78 is 0. The van der Waals surface area contributed by atoms with Crippen LogP contribution in [0.25, 0.3) is 0 Å². The van der Waals surface area contributed by atoms with E-state index in [4.69, 9.17) is 11.6 Å². The summed E-state index contributed by atoms with van der Waals surface area (Å²) in [7, 11) is 2.19. The second kappa shape index (κ2) is 6.10. The molecule has 0 aliphatic heterocycles. The molecule has 1 aromatic rings. The Kier molecular flexibility index (Phi) is 4.75. The number of alkyl halides is 1. The van der Waals surface area contributed by atoms with Crippen molar-refractivity contribution in [1.29, 1.82) is 0 Å². The fourth-order valence-electron chi connectivity index (χ4n) is 2.54. The third-order valence-electron chi connectivity index (χ3n) is 3.71. The first-order chi connectivity index (χ1) is 8.22. The summed E-state index contributed by atoms with van der Waals surface area (Å²) in [5.41, 5.74) is 2.40. The molecule has 1 fully saturated rings. The lowest BCUT2D eigenvalue weighted by atomic mass is 9.94. The highest BCUT2D eigenvalue weighted by atomic mass is 79.9. The van der Waals surface area contributed by atoms with Gasteiger partial charge in [0.2, 0.25) is 0 Å². The molecule has 1 aliphatic carbocycles. The predicted octanol–water partition coefficient (Wildman–Crippen LogP) is 5.00. The van der Waals surface area contributed by atoms with Gasteiger partial charge < -0.3 is 4.90 Å². The molecule has 1 aromatic carbocycles. The third-order valence-corrected chi connectivity index (χ3v) is 4.67. The van der Waals surface area contributed by atoms with Gasteiger partial charge in [-0.15, -0.1) is 0 Å². The fraction of sp³-hybridized carbons (Fsp3) is 0.571. The lowest BCUT2D eigenvalue weighted by molar-refractivity contribution is 0.427. The minimum atomic E-state index is 0.689. The number of rotatable bonds is 3. The SMILES string of the molecule is CN(c1ccc(CBr)c(Cl)c1)C1CCCCC1. The topological polar surface area (TPSA) is 3.24 Å². The Hall–Kier alpha value is -0.210. The summed E-state index contributed by atoms with van der Waals surface area (Å²) in [6.07, 6.45) is 6.75. The van der Waals surface area contributed by atoms with Crippen molar-refractivity contribution < 1.29 is 0 Å². The average Bonchev–Trinajstić information content (AvgIpc) is 2.39. The van der Waals surface area contributed by atoms with Crippen molar-refractivity contribution in [3.63, 3.8) is 0 Å². The Morgan fingerprint density at radius 2 is 2.00 bits per heavy atom. The molecule has 0 bridgehead atoms. The maximum atomic E-state index is 6.26. The molecule has 0 spiro atoms. The predicted molar refractivity (Wildman–Crippen MR) is 79.4 cm³/mol. The van der Waals surface area contributed by atoms with E-state index in [1.807, 2.05) is 0 Å². The first kappa shape index (κ1) is 13.2. The fourth-order valence-corrected chi connectivity index (χ4v) is 3.44. The van der Waals surface area contributed by atoms with E-state index in [0.717, 1.165) is 15.9 Å². The molecule has 0 radical (unpaired) electrons. The largest absolute Gasteiger partial charge is 0.372 e. The van der Waals surface area contributed by atoms with Gasteiger partial charge in [0.1, 0.15) is 0 Å². The van der Waals surface area contributed by atoms with Crippen LogP contribution in [0.15, 0.2) is 18.2 Å². The van der Waals surface area contributed by atoms with Gasteiger partial charge in [0.15, 0.2) is 0 Å². The van der Waals surface area contributed by atoms with Crippen molar-refractivity contribution in [2.45, 2.75) is 43.5 Å². The summed E-state index contributed by atoms with van der Waals surface area (Å²) in [4.78, 5) is 2.39. The normalized spacial score (nSPS) is 17.1. The summed E-state index contributed by atoms with van der Waals surface area (Å²) in [6.45, 7) is 0. The Morgan fingerprint density at radius 1 is 1.29 bits per heavy atom. The molecule has 94 valence electrons. The molecule has 1 saturated carbocycles. The van der Waals surface area contributed by atoms with Gasteiger partial charge in [0, 0.05) is 29.1 Å². The molecule has 0 unspecified atom stereocenters. The van der Waals surface area contributed by atoms with Crippen LogP contribution in [-0.4, -0.2) is 13.1 Å². The molecule has 1 aliphatic rings. The second-order valence-electron chi connectivity index (χ2n) is 4.81. The highest BCUT2D eigenvalue weighted by Crippen LogP contribution is 2.29. The lowest BCUT2D eigenvalue weighted by Gasteiger charge is -2.33. The summed E-state index contributed by atoms with van der Waals surface area (Å²) in [6, 6.07) is 7.07. The van der Waals surface area contributed by atoms with Gasteiger partial charge in [-0.1, -0.05) is 52.9 Å². The second-order valence-corrected chi connectivity index (χ2v) is 5.78. The van der Waals surface area contributed by atoms with Gasteiger partial charge in [0.25, 0.3) is 0 Å². The van der Waals surface area contributed by atoms with Crippen molar-refractivity contribution in [3.8, 4) is 0 Å². The van der Waals surface area contributed by atoms with E-state index in [1.165, 1.54) is 37.8 Å². The van der Waals surface area contributed by atoms with Crippen molar-refractivity contribution in [2.24, 2.45) is 0 Å². The third kappa shape index (κ3) is 3.17. The Labute approximate surface area is 117 Å². The van der Waals surface area contributed by atoms with Crippen LogP contribution in [0.1, 0.15) is 37.7 Å². The maximum absolute atomic E-state index is 6.26. The molecule has 0 saturated heterocycles. The van der Waals surface area contributed by atoms with Gasteiger partial charge >= 0.3 is 0 Å². The van der Waals surface area contributed by atoms with Gasteiger partial charge in [0.05, 0.1) is 0 Å². The first-order valence-corrected chi connectivity index (χ1v) is 7.79. The van der Waals surface area contributed by atoms with E-state index >= 15 is 0 Å². The van der Waals surface area contributed by atoms with Crippen LogP contribution in [0.2, 0.25) is 5.02 Å². The Balaban J connectivity index is 2.12. The molecule has 0 atom stereocenters. The zero-order valence-corrected chi connectivity index (χ0v) is 12.6. The number of anilines is 1. The maximum Gasteiger partial charge on any atom is 0.0467 e. The molecule has 0 heterocycles. The van der Waals surface area contributed by atoms with Crippen LogP contribution in [0, 0.1) is 0 Å². The summed E-state index contributed by atoms with van der Waals surface area (Å²) in [5, 5.41) is 1.68. The molecule has 2 rings (SSSR count). The van der Waals surface area contributed by atoms with Crippen LogP contribution in [-0.2, 0) is 5.33 Å². The van der Waals surface area contributed by atoms with Crippen molar-refractivity contribution in [1.82, 2.24) is 0 Å². The van der Waals surface area contributed by atoms with E-state index in [-0.39, 0.29) is 0 Å². The molecular formula is C14H19BrClN. The zero-order valence-electron chi connectivity index (χ0n) is 10.3. The minimum Gasteiger partial charge on any atom is -0.372 e. The van der Waals surface area contributed by atoms with Crippen LogP contribution in [0.5, 0.6) is 0 Å². The van der Waals surface area contributed by atoms with E-state index in [2.05, 4.69) is 46.1 Å². The van der Waals surface area contributed by atoms with E-state index in [1.54, 1.807) is 0 Å². The molecule has 0 N–H and O–H groups in total. The first-order valence-electron chi connectivity index (χ1n) is 6.29. The Bertz CT molecular complexity index is 374. The molecule has 1 nitrogen and oxygen atoms in total. The van der Waals surface area contributed by atoms with Crippen LogP contribution in [0.3, 0.4) is 0 Å². The van der Waals surface area contributed by atoms with E-state index < -0.39 is 0 Å². The zero-order chi connectivity index (χ0) is 12.3. The number of halogens is 2. The van der Waals surface area contributed by atoms with Crippen LogP contribution >= 0.6 is 27.5 Å². The number of hydrogen-bond acceptors (Lipinski definition) is 1. The smallest absolute Gasteiger partial charge is 0.0467 e. The van der Waals surface area contributed by atoms with Gasteiger partial charge in [-0.2, -0.15) is 0 Å². The molecule has 3 heteroatoms. The van der Waals surface area contributed by atoms with Gasteiger partial charge in [-0.25, -0.2) is 0 Å². The van der Waals surface area contributed by atoms with E-state index in [9.17, 15) is 0 Å². The van der Waals surface area contributed by atoms with Crippen molar-refractivity contribution >= 4 is 33.2 Å². The minimum absolute atomic E-state index is 0.689. The molecule has 17 heavy (non-hydrogen) atoms. The van der Waals surface area contributed by atoms with Gasteiger partial charge in [-0.05, 0) is 30.5 Å². The summed E-state index contributed by atoms with van der Waals surface area (Å²) in [5.74, 6) is 0. The quantitative estimate of drug-likeness (QED) is 0.709. The molecule has 0 amide bonds. The monoisotopic (exact) mass is 315 g/mol. The van der Waals surface area contributed by atoms with Crippen LogP contribution in [0.4, 0.5) is 5.69 Å². The highest BCUT2D eigenvalue weighted by molar-refractivity contribution is 9.08.